The van der Waals surface area contributed by atoms with Crippen molar-refractivity contribution in [2.24, 2.45) is 5.73 Å². The van der Waals surface area contributed by atoms with Crippen molar-refractivity contribution in [3.63, 3.8) is 0 Å². The predicted molar refractivity (Wildman–Crippen MR) is 154 cm³/mol. The van der Waals surface area contributed by atoms with E-state index in [-0.39, 0.29) is 36.5 Å². The minimum Gasteiger partial charge on any atom is -0.383 e. The standard InChI is InChI=1S/C29H32ClN7O4/c1-29(2,40)10-9-25(38)35-14-19(12-20(35)15-41-4)37-28(32-3)26(27(31)39)22(34-37)8-5-17-11-23-24(13-21(17)30)36(16-33-23)18-6-7-18/h11,13,16,18-20,32,40H,6-7,12,14-15H2,1-4H3,(H2,31,39)/t19-,20+/m0/s1. The van der Waals surface area contributed by atoms with E-state index >= 15 is 0 Å². The van der Waals surface area contributed by atoms with Gasteiger partial charge in [-0.2, -0.15) is 5.10 Å². The number of likely N-dealkylation sites (tertiary alicyclic amines) is 1. The minimum absolute atomic E-state index is 0.144. The highest BCUT2D eigenvalue weighted by Gasteiger charge is 2.38. The van der Waals surface area contributed by atoms with Crippen LogP contribution in [0.2, 0.25) is 5.02 Å². The fraction of sp³-hybridized carbons (Fsp3) is 0.448. The third-order valence-electron chi connectivity index (χ3n) is 7.15. The lowest BCUT2D eigenvalue weighted by atomic mass is 10.1. The van der Waals surface area contributed by atoms with Gasteiger partial charge in [-0.15, -0.1) is 0 Å². The summed E-state index contributed by atoms with van der Waals surface area (Å²) < 4.78 is 9.13. The fourth-order valence-electron chi connectivity index (χ4n) is 5.12. The summed E-state index contributed by atoms with van der Waals surface area (Å²) in [5, 5.41) is 18.1. The molecular formula is C29H32ClN7O4. The third kappa shape index (κ3) is 5.89. The summed E-state index contributed by atoms with van der Waals surface area (Å²) in [6.07, 6.45) is 4.58. The smallest absolute Gasteiger partial charge is 0.298 e. The zero-order valence-electron chi connectivity index (χ0n) is 23.4. The Morgan fingerprint density at radius 2 is 2.02 bits per heavy atom. The number of nitrogens with two attached hydrogens (primary N) is 1. The van der Waals surface area contributed by atoms with Gasteiger partial charge in [-0.1, -0.05) is 23.4 Å². The molecule has 1 aromatic carbocycles. The molecule has 1 saturated heterocycles. The van der Waals surface area contributed by atoms with Gasteiger partial charge in [-0.3, -0.25) is 9.59 Å². The highest BCUT2D eigenvalue weighted by atomic mass is 35.5. The highest BCUT2D eigenvalue weighted by Crippen LogP contribution is 2.38. The van der Waals surface area contributed by atoms with Gasteiger partial charge in [0.05, 0.1) is 41.1 Å². The van der Waals surface area contributed by atoms with Crippen LogP contribution in [0.3, 0.4) is 0 Å². The van der Waals surface area contributed by atoms with Crippen molar-refractivity contribution in [2.75, 3.05) is 32.6 Å². The Kier molecular flexibility index (Phi) is 7.71. The minimum atomic E-state index is -1.30. The summed E-state index contributed by atoms with van der Waals surface area (Å²) in [4.78, 5) is 31.6. The number of rotatable bonds is 6. The van der Waals surface area contributed by atoms with Crippen LogP contribution in [0.1, 0.15) is 66.8 Å². The van der Waals surface area contributed by atoms with Gasteiger partial charge in [-0.05, 0) is 57.1 Å². The first-order valence-corrected chi connectivity index (χ1v) is 13.7. The van der Waals surface area contributed by atoms with E-state index in [2.05, 4.69) is 43.6 Å². The van der Waals surface area contributed by atoms with Crippen molar-refractivity contribution in [3.8, 4) is 23.7 Å². The molecule has 1 aliphatic heterocycles. The Bertz CT molecular complexity index is 1640. The number of nitrogens with one attached hydrogen (secondary N) is 1. The number of nitrogens with zero attached hydrogens (tertiary/aromatic N) is 5. The van der Waals surface area contributed by atoms with Crippen molar-refractivity contribution < 1.29 is 19.4 Å². The Morgan fingerprint density at radius 1 is 1.27 bits per heavy atom. The number of primary amides is 1. The zero-order chi connectivity index (χ0) is 29.5. The second-order valence-corrected chi connectivity index (χ2v) is 11.3. The molecule has 41 heavy (non-hydrogen) atoms. The summed E-state index contributed by atoms with van der Waals surface area (Å²) >= 11 is 6.59. The number of fused-ring (bicyclic) bond motifs is 1. The number of methoxy groups -OCH3 is 1. The maximum Gasteiger partial charge on any atom is 0.298 e. The molecule has 1 saturated carbocycles. The molecule has 12 heteroatoms. The molecule has 1 aliphatic carbocycles. The van der Waals surface area contributed by atoms with E-state index in [0.29, 0.717) is 28.9 Å². The maximum atomic E-state index is 12.9. The molecule has 4 N–H and O–H groups in total. The molecule has 0 spiro atoms. The molecular weight excluding hydrogens is 546 g/mol. The quantitative estimate of drug-likeness (QED) is 0.382. The number of aromatic nitrogens is 4. The van der Waals surface area contributed by atoms with Crippen LogP contribution in [-0.2, 0) is 9.53 Å². The largest absolute Gasteiger partial charge is 0.383 e. The molecule has 3 aromatic rings. The second-order valence-electron chi connectivity index (χ2n) is 10.9. The number of halogens is 1. The number of imidazole rings is 1. The number of anilines is 1. The number of benzene rings is 1. The molecule has 5 rings (SSSR count). The lowest BCUT2D eigenvalue weighted by molar-refractivity contribution is -0.126. The average Bonchev–Trinajstić information content (AvgIpc) is 3.37. The monoisotopic (exact) mass is 577 g/mol. The third-order valence-corrected chi connectivity index (χ3v) is 7.46. The molecule has 2 aromatic heterocycles. The molecule has 2 fully saturated rings. The fourth-order valence-corrected chi connectivity index (χ4v) is 5.32. The maximum absolute atomic E-state index is 12.9. The molecule has 2 aliphatic rings. The number of carbonyl (C=O) groups excluding carboxylic acids is 2. The van der Waals surface area contributed by atoms with Crippen LogP contribution in [0.25, 0.3) is 11.0 Å². The van der Waals surface area contributed by atoms with Gasteiger partial charge >= 0.3 is 0 Å². The van der Waals surface area contributed by atoms with Gasteiger partial charge in [0.15, 0.2) is 5.69 Å². The number of hydrogen-bond acceptors (Lipinski definition) is 7. The first-order chi connectivity index (χ1) is 19.5. The van der Waals surface area contributed by atoms with Gasteiger partial charge in [-0.25, -0.2) is 9.67 Å². The summed E-state index contributed by atoms with van der Waals surface area (Å²) in [7, 11) is 3.22. The van der Waals surface area contributed by atoms with E-state index in [1.807, 2.05) is 18.5 Å². The Hall–Kier alpha value is -4.03. The van der Waals surface area contributed by atoms with Crippen molar-refractivity contribution >= 4 is 40.3 Å². The van der Waals surface area contributed by atoms with Crippen LogP contribution in [0.4, 0.5) is 5.82 Å². The van der Waals surface area contributed by atoms with Crippen LogP contribution in [0, 0.1) is 23.7 Å². The van der Waals surface area contributed by atoms with Crippen molar-refractivity contribution in [1.82, 2.24) is 24.2 Å². The van der Waals surface area contributed by atoms with E-state index in [0.717, 1.165) is 23.9 Å². The summed E-state index contributed by atoms with van der Waals surface area (Å²) in [5.74, 6) is 10.4. The molecule has 0 bridgehead atoms. The number of aliphatic hydroxyl groups is 1. The average molecular weight is 578 g/mol. The van der Waals surface area contributed by atoms with Crippen molar-refractivity contribution in [2.45, 2.75) is 56.8 Å². The highest BCUT2D eigenvalue weighted by molar-refractivity contribution is 6.32. The zero-order valence-corrected chi connectivity index (χ0v) is 24.1. The van der Waals surface area contributed by atoms with Crippen LogP contribution < -0.4 is 11.1 Å². The number of carbonyl (C=O) groups is 2. The molecule has 3 heterocycles. The molecule has 0 radical (unpaired) electrons. The first kappa shape index (κ1) is 28.5. The van der Waals surface area contributed by atoms with Gasteiger partial charge in [0.25, 0.3) is 11.8 Å². The van der Waals surface area contributed by atoms with E-state index in [9.17, 15) is 14.7 Å². The van der Waals surface area contributed by atoms with E-state index in [1.165, 1.54) is 13.8 Å². The molecule has 214 valence electrons. The van der Waals surface area contributed by atoms with Crippen LogP contribution >= 0.6 is 11.6 Å². The van der Waals surface area contributed by atoms with E-state index < -0.39 is 17.4 Å². The molecule has 2 amide bonds. The number of amides is 2. The van der Waals surface area contributed by atoms with Gasteiger partial charge in [0.1, 0.15) is 17.0 Å². The molecule has 0 unspecified atom stereocenters. The topological polar surface area (TPSA) is 141 Å². The number of ether oxygens (including phenoxy) is 1. The summed E-state index contributed by atoms with van der Waals surface area (Å²) in [6.45, 7) is 3.57. The summed E-state index contributed by atoms with van der Waals surface area (Å²) in [5.41, 5.74) is 7.11. The van der Waals surface area contributed by atoms with E-state index in [1.54, 1.807) is 23.7 Å². The summed E-state index contributed by atoms with van der Waals surface area (Å²) in [6, 6.07) is 3.56. The predicted octanol–water partition coefficient (Wildman–Crippen LogP) is 2.32. The Balaban J connectivity index is 1.49. The van der Waals surface area contributed by atoms with Crippen LogP contribution in [0.5, 0.6) is 0 Å². The van der Waals surface area contributed by atoms with Crippen molar-refractivity contribution in [3.05, 3.63) is 40.3 Å². The SMILES string of the molecule is CNc1c(C(N)=O)c(C#Cc2cc3ncn(C4CC4)c3cc2Cl)nn1[C@H]1C[C@H](COC)N(C(=O)C#CC(C)(C)O)C1. The Labute approximate surface area is 243 Å². The lowest BCUT2D eigenvalue weighted by Crippen LogP contribution is -2.37. The van der Waals surface area contributed by atoms with E-state index in [4.69, 9.17) is 22.1 Å². The van der Waals surface area contributed by atoms with Crippen LogP contribution in [-0.4, -0.2) is 80.1 Å². The first-order valence-electron chi connectivity index (χ1n) is 13.3. The Morgan fingerprint density at radius 3 is 2.66 bits per heavy atom. The molecule has 11 nitrogen and oxygen atoms in total. The van der Waals surface area contributed by atoms with Gasteiger partial charge in [0.2, 0.25) is 0 Å². The lowest BCUT2D eigenvalue weighted by Gasteiger charge is -2.21. The van der Waals surface area contributed by atoms with Gasteiger partial charge in [0, 0.05) is 32.3 Å². The second kappa shape index (κ2) is 11.1. The van der Waals surface area contributed by atoms with Gasteiger partial charge < -0.3 is 30.4 Å². The normalized spacial score (nSPS) is 18.5. The van der Waals surface area contributed by atoms with Crippen LogP contribution in [0.15, 0.2) is 18.5 Å². The van der Waals surface area contributed by atoms with Crippen molar-refractivity contribution in [1.29, 1.82) is 0 Å². The number of hydrogen-bond donors (Lipinski definition) is 3. The molecule has 2 atom stereocenters.